The Bertz CT molecular complexity index is 1030. The Morgan fingerprint density at radius 3 is 1.87 bits per heavy atom. The van der Waals surface area contributed by atoms with Crippen LogP contribution in [0.4, 0.5) is 8.78 Å². The second-order valence-corrected chi connectivity index (χ2v) is 7.11. The first kappa shape index (κ1) is 21.7. The monoisotopic (exact) mass is 449 g/mol. The Morgan fingerprint density at radius 1 is 0.800 bits per heavy atom. The predicted octanol–water partition coefficient (Wildman–Crippen LogP) is 4.53. The first-order chi connectivity index (χ1) is 14.3. The predicted molar refractivity (Wildman–Crippen MR) is 109 cm³/mol. The van der Waals surface area contributed by atoms with Crippen molar-refractivity contribution in [2.24, 2.45) is 0 Å². The van der Waals surface area contributed by atoms with E-state index in [2.05, 4.69) is 15.6 Å². The molecule has 3 rings (SSSR count). The van der Waals surface area contributed by atoms with Gasteiger partial charge in [-0.25, -0.2) is 8.78 Å². The van der Waals surface area contributed by atoms with Crippen molar-refractivity contribution in [2.45, 2.75) is 13.1 Å². The van der Waals surface area contributed by atoms with Crippen molar-refractivity contribution >= 4 is 35.0 Å². The highest BCUT2D eigenvalue weighted by Crippen LogP contribution is 2.17. The van der Waals surface area contributed by atoms with E-state index in [1.54, 1.807) is 0 Å². The fourth-order valence-electron chi connectivity index (χ4n) is 2.55. The van der Waals surface area contributed by atoms with Gasteiger partial charge >= 0.3 is 0 Å². The molecule has 1 heterocycles. The van der Waals surface area contributed by atoms with E-state index >= 15 is 0 Å². The number of hydrogen-bond acceptors (Lipinski definition) is 3. The van der Waals surface area contributed by atoms with E-state index in [4.69, 9.17) is 23.2 Å². The van der Waals surface area contributed by atoms with Crippen LogP contribution in [-0.2, 0) is 13.1 Å². The molecule has 2 aromatic carbocycles. The number of amides is 2. The number of pyridine rings is 1. The maximum atomic E-state index is 13.2. The Morgan fingerprint density at radius 2 is 1.33 bits per heavy atom. The summed E-state index contributed by atoms with van der Waals surface area (Å²) in [5, 5.41) is 5.22. The van der Waals surface area contributed by atoms with Crippen LogP contribution in [0.15, 0.2) is 54.7 Å². The van der Waals surface area contributed by atoms with Crippen molar-refractivity contribution in [3.05, 3.63) is 98.8 Å². The number of rotatable bonds is 6. The van der Waals surface area contributed by atoms with E-state index in [1.807, 2.05) is 0 Å². The van der Waals surface area contributed by atoms with E-state index in [1.165, 1.54) is 54.7 Å². The molecule has 3 aromatic rings. The van der Waals surface area contributed by atoms with Crippen molar-refractivity contribution in [2.75, 3.05) is 0 Å². The van der Waals surface area contributed by atoms with Crippen LogP contribution >= 0.6 is 23.2 Å². The summed E-state index contributed by atoms with van der Waals surface area (Å²) < 4.78 is 26.4. The van der Waals surface area contributed by atoms with Gasteiger partial charge in [0.2, 0.25) is 0 Å². The lowest BCUT2D eigenvalue weighted by molar-refractivity contribution is 0.0946. The van der Waals surface area contributed by atoms with Gasteiger partial charge in [0.05, 0.1) is 10.0 Å². The largest absolute Gasteiger partial charge is 0.348 e. The van der Waals surface area contributed by atoms with Crippen LogP contribution in [0.5, 0.6) is 0 Å². The van der Waals surface area contributed by atoms with Crippen LogP contribution in [0.1, 0.15) is 32.0 Å². The highest BCUT2D eigenvalue weighted by atomic mass is 35.5. The van der Waals surface area contributed by atoms with Gasteiger partial charge in [0.15, 0.2) is 0 Å². The molecule has 0 aliphatic rings. The molecular formula is C21H15Cl2F2N3O2. The van der Waals surface area contributed by atoms with Gasteiger partial charge < -0.3 is 10.6 Å². The van der Waals surface area contributed by atoms with Crippen molar-refractivity contribution < 1.29 is 18.4 Å². The number of aromatic nitrogens is 1. The van der Waals surface area contributed by atoms with Gasteiger partial charge in [-0.3, -0.25) is 14.6 Å². The van der Waals surface area contributed by atoms with Crippen LogP contribution in [0, 0.1) is 11.6 Å². The SMILES string of the molecule is O=C(NCc1ccc(F)c(Cl)c1)c1ccnc(C(=O)NCc2ccc(F)c(Cl)c2)c1. The number of hydrogen-bond donors (Lipinski definition) is 2. The van der Waals surface area contributed by atoms with Crippen molar-refractivity contribution in [1.82, 2.24) is 15.6 Å². The summed E-state index contributed by atoms with van der Waals surface area (Å²) in [4.78, 5) is 28.7. The molecule has 0 radical (unpaired) electrons. The molecule has 0 unspecified atom stereocenters. The maximum absolute atomic E-state index is 13.2. The summed E-state index contributed by atoms with van der Waals surface area (Å²) in [6, 6.07) is 11.1. The zero-order valence-corrected chi connectivity index (χ0v) is 16.9. The second kappa shape index (κ2) is 9.65. The van der Waals surface area contributed by atoms with Crippen molar-refractivity contribution in [3.8, 4) is 0 Å². The zero-order chi connectivity index (χ0) is 21.7. The topological polar surface area (TPSA) is 71.1 Å². The van der Waals surface area contributed by atoms with Crippen LogP contribution in [0.2, 0.25) is 10.0 Å². The first-order valence-corrected chi connectivity index (χ1v) is 9.49. The number of benzene rings is 2. The number of carbonyl (C=O) groups is 2. The standard InChI is InChI=1S/C21H15Cl2F2N3O2/c22-15-7-12(1-3-17(15)24)10-27-20(29)14-5-6-26-19(9-14)21(30)28-11-13-2-4-18(25)16(23)8-13/h1-9H,10-11H2,(H,27,29)(H,28,30). The minimum atomic E-state index is -0.546. The minimum absolute atomic E-state index is 0.0351. The molecule has 9 heteroatoms. The Labute approximate surface area is 181 Å². The molecule has 0 bridgehead atoms. The highest BCUT2D eigenvalue weighted by Gasteiger charge is 2.12. The fourth-order valence-corrected chi connectivity index (χ4v) is 2.96. The summed E-state index contributed by atoms with van der Waals surface area (Å²) in [5.41, 5.74) is 1.51. The van der Waals surface area contributed by atoms with Gasteiger partial charge in [-0.15, -0.1) is 0 Å². The molecule has 0 fully saturated rings. The lowest BCUT2D eigenvalue weighted by Crippen LogP contribution is -2.26. The van der Waals surface area contributed by atoms with E-state index < -0.39 is 23.4 Å². The Balaban J connectivity index is 1.61. The third kappa shape index (κ3) is 5.52. The quantitative estimate of drug-likeness (QED) is 0.580. The number of nitrogens with zero attached hydrogens (tertiary/aromatic N) is 1. The molecule has 154 valence electrons. The average Bonchev–Trinajstić information content (AvgIpc) is 2.75. The van der Waals surface area contributed by atoms with E-state index in [-0.39, 0.29) is 34.4 Å². The molecule has 1 aromatic heterocycles. The van der Waals surface area contributed by atoms with E-state index in [0.717, 1.165) is 0 Å². The smallest absolute Gasteiger partial charge is 0.270 e. The first-order valence-electron chi connectivity index (χ1n) is 8.74. The van der Waals surface area contributed by atoms with Gasteiger partial charge in [0.1, 0.15) is 17.3 Å². The molecule has 0 aliphatic carbocycles. The van der Waals surface area contributed by atoms with E-state index in [0.29, 0.717) is 11.1 Å². The van der Waals surface area contributed by atoms with Crippen LogP contribution in [0.25, 0.3) is 0 Å². The molecule has 0 aliphatic heterocycles. The molecule has 0 spiro atoms. The number of nitrogens with one attached hydrogen (secondary N) is 2. The molecule has 2 amide bonds. The summed E-state index contributed by atoms with van der Waals surface area (Å²) in [5.74, 6) is -2.03. The zero-order valence-electron chi connectivity index (χ0n) is 15.4. The van der Waals surface area contributed by atoms with E-state index in [9.17, 15) is 18.4 Å². The van der Waals surface area contributed by atoms with Gasteiger partial charge in [-0.05, 0) is 47.5 Å². The fraction of sp³-hybridized carbons (Fsp3) is 0.0952. The number of carbonyl (C=O) groups excluding carboxylic acids is 2. The van der Waals surface area contributed by atoms with Gasteiger partial charge in [-0.2, -0.15) is 0 Å². The second-order valence-electron chi connectivity index (χ2n) is 6.29. The summed E-state index contributed by atoms with van der Waals surface area (Å²) >= 11 is 11.4. The molecule has 0 saturated heterocycles. The van der Waals surface area contributed by atoms with Gasteiger partial charge in [-0.1, -0.05) is 35.3 Å². The average molecular weight is 450 g/mol. The lowest BCUT2D eigenvalue weighted by Gasteiger charge is -2.08. The molecule has 0 atom stereocenters. The Hall–Kier alpha value is -3.03. The molecule has 30 heavy (non-hydrogen) atoms. The molecule has 5 nitrogen and oxygen atoms in total. The molecule has 2 N–H and O–H groups in total. The van der Waals surface area contributed by atoms with Gasteiger partial charge in [0, 0.05) is 24.8 Å². The summed E-state index contributed by atoms with van der Waals surface area (Å²) in [7, 11) is 0. The summed E-state index contributed by atoms with van der Waals surface area (Å²) in [6.07, 6.45) is 1.34. The third-order valence-corrected chi connectivity index (χ3v) is 4.71. The van der Waals surface area contributed by atoms with Gasteiger partial charge in [0.25, 0.3) is 11.8 Å². The highest BCUT2D eigenvalue weighted by molar-refractivity contribution is 6.31. The number of halogens is 4. The van der Waals surface area contributed by atoms with Crippen molar-refractivity contribution in [1.29, 1.82) is 0 Å². The minimum Gasteiger partial charge on any atom is -0.348 e. The van der Waals surface area contributed by atoms with Crippen LogP contribution in [-0.4, -0.2) is 16.8 Å². The molecule has 0 saturated carbocycles. The molecular weight excluding hydrogens is 435 g/mol. The summed E-state index contributed by atoms with van der Waals surface area (Å²) in [6.45, 7) is 0.246. The van der Waals surface area contributed by atoms with Crippen LogP contribution in [0.3, 0.4) is 0 Å². The van der Waals surface area contributed by atoms with Crippen molar-refractivity contribution in [3.63, 3.8) is 0 Å². The lowest BCUT2D eigenvalue weighted by atomic mass is 10.1. The van der Waals surface area contributed by atoms with Crippen LogP contribution < -0.4 is 10.6 Å². The normalized spacial score (nSPS) is 10.5. The Kier molecular flexibility index (Phi) is 6.97. The third-order valence-electron chi connectivity index (χ3n) is 4.13. The maximum Gasteiger partial charge on any atom is 0.270 e.